The van der Waals surface area contributed by atoms with Gasteiger partial charge in [-0.15, -0.1) is 0 Å². The first-order chi connectivity index (χ1) is 12.3. The van der Waals surface area contributed by atoms with E-state index in [1.165, 1.54) is 25.2 Å². The van der Waals surface area contributed by atoms with Gasteiger partial charge in [-0.2, -0.15) is 0 Å². The van der Waals surface area contributed by atoms with E-state index >= 15 is 0 Å². The molecule has 7 nitrogen and oxygen atoms in total. The summed E-state index contributed by atoms with van der Waals surface area (Å²) in [6, 6.07) is 10.8. The fourth-order valence-corrected chi connectivity index (χ4v) is 3.23. The average molecular weight is 378 g/mol. The number of ether oxygens (including phenoxy) is 2. The number of rotatable bonds is 7. The lowest BCUT2D eigenvalue weighted by molar-refractivity contribution is 0.0939. The quantitative estimate of drug-likeness (QED) is 0.770. The van der Waals surface area contributed by atoms with Gasteiger partial charge in [0.2, 0.25) is 10.0 Å². The molecule has 0 saturated carbocycles. The molecule has 0 spiro atoms. The molecule has 0 saturated heterocycles. The van der Waals surface area contributed by atoms with Gasteiger partial charge in [0.05, 0.1) is 25.2 Å². The van der Waals surface area contributed by atoms with Crippen molar-refractivity contribution in [1.82, 2.24) is 10.0 Å². The Balaban J connectivity index is 2.26. The van der Waals surface area contributed by atoms with E-state index in [0.717, 1.165) is 5.56 Å². The Morgan fingerprint density at radius 1 is 1.08 bits per heavy atom. The molecule has 1 atom stereocenters. The minimum absolute atomic E-state index is 0.0271. The van der Waals surface area contributed by atoms with Gasteiger partial charge in [-0.05, 0) is 50.4 Å². The molecule has 26 heavy (non-hydrogen) atoms. The van der Waals surface area contributed by atoms with Crippen molar-refractivity contribution in [1.29, 1.82) is 0 Å². The molecule has 0 aromatic heterocycles. The first-order valence-electron chi connectivity index (χ1n) is 7.88. The Morgan fingerprint density at radius 2 is 1.81 bits per heavy atom. The third-order valence-corrected chi connectivity index (χ3v) is 5.34. The van der Waals surface area contributed by atoms with Gasteiger partial charge < -0.3 is 14.8 Å². The zero-order chi connectivity index (χ0) is 19.3. The van der Waals surface area contributed by atoms with Gasteiger partial charge in [-0.25, -0.2) is 13.1 Å². The van der Waals surface area contributed by atoms with E-state index in [0.29, 0.717) is 11.5 Å². The number of sulfonamides is 1. The van der Waals surface area contributed by atoms with Crippen molar-refractivity contribution in [2.75, 3.05) is 21.3 Å². The molecule has 2 aromatic carbocycles. The molecule has 140 valence electrons. The van der Waals surface area contributed by atoms with Gasteiger partial charge in [0.15, 0.2) is 0 Å². The highest BCUT2D eigenvalue weighted by molar-refractivity contribution is 7.89. The van der Waals surface area contributed by atoms with Crippen LogP contribution in [0.25, 0.3) is 0 Å². The van der Waals surface area contributed by atoms with Crippen LogP contribution in [0.3, 0.4) is 0 Å². The van der Waals surface area contributed by atoms with Gasteiger partial charge in [0, 0.05) is 11.1 Å². The summed E-state index contributed by atoms with van der Waals surface area (Å²) in [7, 11) is 0.803. The number of hydrogen-bond acceptors (Lipinski definition) is 5. The number of hydrogen-bond donors (Lipinski definition) is 2. The van der Waals surface area contributed by atoms with Crippen LogP contribution in [-0.4, -0.2) is 35.6 Å². The van der Waals surface area contributed by atoms with Crippen molar-refractivity contribution >= 4 is 15.9 Å². The largest absolute Gasteiger partial charge is 0.497 e. The zero-order valence-electron chi connectivity index (χ0n) is 15.1. The molecule has 1 amide bonds. The monoisotopic (exact) mass is 378 g/mol. The van der Waals surface area contributed by atoms with Gasteiger partial charge in [-0.3, -0.25) is 4.79 Å². The van der Waals surface area contributed by atoms with E-state index < -0.39 is 15.9 Å². The van der Waals surface area contributed by atoms with E-state index in [2.05, 4.69) is 10.0 Å². The lowest BCUT2D eigenvalue weighted by atomic mass is 10.1. The van der Waals surface area contributed by atoms with Gasteiger partial charge in [0.1, 0.15) is 11.5 Å². The summed E-state index contributed by atoms with van der Waals surface area (Å²) in [5, 5.41) is 2.85. The van der Waals surface area contributed by atoms with E-state index in [-0.39, 0.29) is 16.5 Å². The molecular formula is C18H22N2O5S. The van der Waals surface area contributed by atoms with Crippen molar-refractivity contribution < 1.29 is 22.7 Å². The fourth-order valence-electron chi connectivity index (χ4n) is 2.46. The Bertz CT molecular complexity index is 896. The number of carbonyl (C=O) groups excluding carboxylic acids is 1. The fraction of sp³-hybridized carbons (Fsp3) is 0.278. The summed E-state index contributed by atoms with van der Waals surface area (Å²) < 4.78 is 36.6. The Hall–Kier alpha value is -2.58. The Labute approximate surface area is 153 Å². The normalized spacial score (nSPS) is 12.3. The number of benzene rings is 2. The van der Waals surface area contributed by atoms with Crippen molar-refractivity contribution in [2.45, 2.75) is 17.9 Å². The second-order valence-corrected chi connectivity index (χ2v) is 7.42. The highest BCUT2D eigenvalue weighted by Gasteiger charge is 2.18. The van der Waals surface area contributed by atoms with Gasteiger partial charge in [0.25, 0.3) is 5.91 Å². The van der Waals surface area contributed by atoms with E-state index in [4.69, 9.17) is 9.47 Å². The van der Waals surface area contributed by atoms with E-state index in [9.17, 15) is 13.2 Å². The summed E-state index contributed by atoms with van der Waals surface area (Å²) in [6.45, 7) is 1.81. The van der Waals surface area contributed by atoms with E-state index in [1.54, 1.807) is 38.5 Å². The smallest absolute Gasteiger partial charge is 0.251 e. The molecule has 0 bridgehead atoms. The molecular weight excluding hydrogens is 356 g/mol. The van der Waals surface area contributed by atoms with Crippen LogP contribution < -0.4 is 19.5 Å². The lowest BCUT2D eigenvalue weighted by Gasteiger charge is -2.18. The van der Waals surface area contributed by atoms with Crippen LogP contribution in [0, 0.1) is 0 Å². The summed E-state index contributed by atoms with van der Waals surface area (Å²) in [6.07, 6.45) is 0. The average Bonchev–Trinajstić information content (AvgIpc) is 2.67. The molecule has 2 aromatic rings. The summed E-state index contributed by atoms with van der Waals surface area (Å²) in [5.74, 6) is 0.865. The lowest BCUT2D eigenvalue weighted by Crippen LogP contribution is -2.27. The van der Waals surface area contributed by atoms with Crippen molar-refractivity contribution in [3.05, 3.63) is 53.6 Å². The van der Waals surface area contributed by atoms with Crippen LogP contribution in [0.4, 0.5) is 0 Å². The number of carbonyl (C=O) groups is 1. The number of nitrogens with one attached hydrogen (secondary N) is 2. The van der Waals surface area contributed by atoms with E-state index in [1.807, 2.05) is 6.92 Å². The molecule has 0 aliphatic heterocycles. The van der Waals surface area contributed by atoms with Crippen molar-refractivity contribution in [3.63, 3.8) is 0 Å². The van der Waals surface area contributed by atoms with Crippen LogP contribution in [0.5, 0.6) is 11.5 Å². The maximum Gasteiger partial charge on any atom is 0.251 e. The summed E-state index contributed by atoms with van der Waals surface area (Å²) in [5.41, 5.74) is 0.995. The molecule has 2 rings (SSSR count). The van der Waals surface area contributed by atoms with Crippen LogP contribution >= 0.6 is 0 Å². The maximum atomic E-state index is 12.6. The standard InChI is InChI=1S/C18H22N2O5S/c1-12(16-11-14(24-3)8-9-17(16)25-4)20-18(21)13-6-5-7-15(10-13)26(22,23)19-2/h5-12,19H,1-4H3,(H,20,21)/t12-/m1/s1. The highest BCUT2D eigenvalue weighted by atomic mass is 32.2. The highest BCUT2D eigenvalue weighted by Crippen LogP contribution is 2.29. The predicted octanol–water partition coefficient (Wildman–Crippen LogP) is 2.10. The van der Waals surface area contributed by atoms with Crippen LogP contribution in [0.15, 0.2) is 47.4 Å². The summed E-state index contributed by atoms with van der Waals surface area (Å²) in [4.78, 5) is 12.6. The van der Waals surface area contributed by atoms with Gasteiger partial charge >= 0.3 is 0 Å². The van der Waals surface area contributed by atoms with Crippen LogP contribution in [0.2, 0.25) is 0 Å². The van der Waals surface area contributed by atoms with Crippen LogP contribution in [-0.2, 0) is 10.0 Å². The minimum Gasteiger partial charge on any atom is -0.497 e. The first kappa shape index (κ1) is 19.7. The molecule has 0 aliphatic rings. The second-order valence-electron chi connectivity index (χ2n) is 5.54. The predicted molar refractivity (Wildman–Crippen MR) is 98.1 cm³/mol. The third-order valence-electron chi connectivity index (χ3n) is 3.93. The molecule has 8 heteroatoms. The topological polar surface area (TPSA) is 93.7 Å². The Kier molecular flexibility index (Phi) is 6.23. The summed E-state index contributed by atoms with van der Waals surface area (Å²) >= 11 is 0. The molecule has 0 aliphatic carbocycles. The van der Waals surface area contributed by atoms with Crippen molar-refractivity contribution in [3.8, 4) is 11.5 Å². The molecule has 0 fully saturated rings. The number of methoxy groups -OCH3 is 2. The second kappa shape index (κ2) is 8.20. The first-order valence-corrected chi connectivity index (χ1v) is 9.37. The van der Waals surface area contributed by atoms with Gasteiger partial charge in [-0.1, -0.05) is 6.07 Å². The maximum absolute atomic E-state index is 12.6. The minimum atomic E-state index is -3.62. The van der Waals surface area contributed by atoms with Crippen molar-refractivity contribution in [2.24, 2.45) is 0 Å². The van der Waals surface area contributed by atoms with Crippen LogP contribution in [0.1, 0.15) is 28.9 Å². The zero-order valence-corrected chi connectivity index (χ0v) is 15.9. The molecule has 0 radical (unpaired) electrons. The Morgan fingerprint density at radius 3 is 2.42 bits per heavy atom. The SMILES string of the molecule is CNS(=O)(=O)c1cccc(C(=O)N[C@H](C)c2cc(OC)ccc2OC)c1. The molecule has 0 unspecified atom stereocenters. The molecule has 2 N–H and O–H groups in total. The third kappa shape index (κ3) is 4.33. The molecule has 0 heterocycles. The number of amides is 1.